The molecule has 5 heteroatoms. The lowest BCUT2D eigenvalue weighted by Gasteiger charge is -2.12. The molecule has 0 unspecified atom stereocenters. The number of aromatic nitrogens is 1. The van der Waals surface area contributed by atoms with E-state index in [2.05, 4.69) is 20.9 Å². The van der Waals surface area contributed by atoms with Gasteiger partial charge in [0.15, 0.2) is 0 Å². The lowest BCUT2D eigenvalue weighted by molar-refractivity contribution is 0.388. The maximum Gasteiger partial charge on any atom is 0.224 e. The van der Waals surface area contributed by atoms with Crippen LogP contribution in [0.5, 0.6) is 5.88 Å². The highest BCUT2D eigenvalue weighted by Gasteiger charge is 2.15. The van der Waals surface area contributed by atoms with E-state index in [1.54, 1.807) is 48.5 Å². The van der Waals surface area contributed by atoms with E-state index in [4.69, 9.17) is 4.74 Å². The standard InChI is InChI=1S/C18H12BrF2NO/c1-23-16-10-9-14(18(21)22-16)13-7-4-6-12(17(13)19)11-5-2-3-8-15(11)20/h2-10H,1H3. The number of halogens is 3. The second kappa shape index (κ2) is 6.46. The molecule has 2 nitrogen and oxygen atoms in total. The lowest BCUT2D eigenvalue weighted by Crippen LogP contribution is -1.95. The van der Waals surface area contributed by atoms with Gasteiger partial charge in [-0.3, -0.25) is 0 Å². The average molecular weight is 376 g/mol. The quantitative estimate of drug-likeness (QED) is 0.566. The van der Waals surface area contributed by atoms with Crippen LogP contribution in [0.3, 0.4) is 0 Å². The van der Waals surface area contributed by atoms with Gasteiger partial charge in [0.1, 0.15) is 5.82 Å². The Balaban J connectivity index is 2.16. The number of pyridine rings is 1. The zero-order chi connectivity index (χ0) is 16.4. The predicted molar refractivity (Wildman–Crippen MR) is 89.3 cm³/mol. The smallest absolute Gasteiger partial charge is 0.224 e. The zero-order valence-electron chi connectivity index (χ0n) is 12.2. The fourth-order valence-corrected chi connectivity index (χ4v) is 3.05. The summed E-state index contributed by atoms with van der Waals surface area (Å²) < 4.78 is 33.8. The summed E-state index contributed by atoms with van der Waals surface area (Å²) in [5.41, 5.74) is 2.01. The number of benzene rings is 2. The summed E-state index contributed by atoms with van der Waals surface area (Å²) in [4.78, 5) is 3.75. The normalized spacial score (nSPS) is 10.6. The fraction of sp³-hybridized carbons (Fsp3) is 0.0556. The van der Waals surface area contributed by atoms with Crippen molar-refractivity contribution in [1.29, 1.82) is 0 Å². The fourth-order valence-electron chi connectivity index (χ4n) is 2.36. The number of methoxy groups -OCH3 is 1. The summed E-state index contributed by atoms with van der Waals surface area (Å²) in [6.45, 7) is 0. The first kappa shape index (κ1) is 15.6. The van der Waals surface area contributed by atoms with Crippen LogP contribution in [0.1, 0.15) is 0 Å². The molecule has 1 heterocycles. The number of nitrogens with zero attached hydrogens (tertiary/aromatic N) is 1. The van der Waals surface area contributed by atoms with Crippen molar-refractivity contribution in [3.63, 3.8) is 0 Å². The molecule has 0 bridgehead atoms. The third kappa shape index (κ3) is 2.97. The number of rotatable bonds is 3. The third-order valence-electron chi connectivity index (χ3n) is 3.49. The van der Waals surface area contributed by atoms with Gasteiger partial charge in [0.2, 0.25) is 11.8 Å². The van der Waals surface area contributed by atoms with Crippen LogP contribution < -0.4 is 4.74 Å². The summed E-state index contributed by atoms with van der Waals surface area (Å²) in [5, 5.41) is 0. The molecule has 0 atom stereocenters. The van der Waals surface area contributed by atoms with Gasteiger partial charge in [-0.05, 0) is 33.6 Å². The van der Waals surface area contributed by atoms with Crippen molar-refractivity contribution < 1.29 is 13.5 Å². The molecule has 0 aliphatic rings. The maximum absolute atomic E-state index is 14.2. The highest BCUT2D eigenvalue weighted by Crippen LogP contribution is 2.38. The molecule has 3 rings (SSSR count). The molecule has 0 radical (unpaired) electrons. The molecule has 116 valence electrons. The van der Waals surface area contributed by atoms with Crippen molar-refractivity contribution in [2.24, 2.45) is 0 Å². The molecule has 0 saturated heterocycles. The molecule has 0 spiro atoms. The van der Waals surface area contributed by atoms with Gasteiger partial charge in [-0.1, -0.05) is 36.4 Å². The first-order chi connectivity index (χ1) is 11.1. The molecule has 1 aromatic heterocycles. The van der Waals surface area contributed by atoms with E-state index in [-0.39, 0.29) is 11.7 Å². The molecule has 0 fully saturated rings. The Morgan fingerprint density at radius 1 is 0.826 bits per heavy atom. The largest absolute Gasteiger partial charge is 0.481 e. The predicted octanol–water partition coefficient (Wildman–Crippen LogP) is 5.46. The van der Waals surface area contributed by atoms with Crippen molar-refractivity contribution in [1.82, 2.24) is 4.98 Å². The minimum absolute atomic E-state index is 0.202. The maximum atomic E-state index is 14.2. The monoisotopic (exact) mass is 375 g/mol. The summed E-state index contributed by atoms with van der Waals surface area (Å²) >= 11 is 3.47. The van der Waals surface area contributed by atoms with Crippen LogP contribution in [-0.2, 0) is 0 Å². The van der Waals surface area contributed by atoms with E-state index < -0.39 is 5.95 Å². The van der Waals surface area contributed by atoms with Crippen molar-refractivity contribution in [3.05, 3.63) is 70.8 Å². The van der Waals surface area contributed by atoms with Gasteiger partial charge < -0.3 is 4.74 Å². The van der Waals surface area contributed by atoms with Gasteiger partial charge in [-0.25, -0.2) is 4.39 Å². The Bertz CT molecular complexity index is 867. The molecule has 0 saturated carbocycles. The molecule has 3 aromatic rings. The van der Waals surface area contributed by atoms with E-state index in [0.29, 0.717) is 26.7 Å². The van der Waals surface area contributed by atoms with E-state index >= 15 is 0 Å². The van der Waals surface area contributed by atoms with Crippen LogP contribution in [0.25, 0.3) is 22.3 Å². The first-order valence-corrected chi connectivity index (χ1v) is 7.65. The Hall–Kier alpha value is -2.27. The van der Waals surface area contributed by atoms with E-state index in [9.17, 15) is 8.78 Å². The average Bonchev–Trinajstić information content (AvgIpc) is 2.56. The molecule has 23 heavy (non-hydrogen) atoms. The van der Waals surface area contributed by atoms with Gasteiger partial charge >= 0.3 is 0 Å². The Labute approximate surface area is 140 Å². The zero-order valence-corrected chi connectivity index (χ0v) is 13.8. The van der Waals surface area contributed by atoms with Crippen molar-refractivity contribution >= 4 is 15.9 Å². The minimum Gasteiger partial charge on any atom is -0.481 e. The van der Waals surface area contributed by atoms with Crippen LogP contribution in [0, 0.1) is 11.8 Å². The van der Waals surface area contributed by atoms with Crippen LogP contribution in [0.2, 0.25) is 0 Å². The Morgan fingerprint density at radius 3 is 2.13 bits per heavy atom. The van der Waals surface area contributed by atoms with Gasteiger partial charge in [0.25, 0.3) is 0 Å². The lowest BCUT2D eigenvalue weighted by atomic mass is 9.99. The van der Waals surface area contributed by atoms with Crippen LogP contribution in [-0.4, -0.2) is 12.1 Å². The molecule has 0 aliphatic heterocycles. The van der Waals surface area contributed by atoms with Gasteiger partial charge in [0.05, 0.1) is 7.11 Å². The summed E-state index contributed by atoms with van der Waals surface area (Å²) in [5.74, 6) is -0.776. The topological polar surface area (TPSA) is 22.1 Å². The number of hydrogen-bond acceptors (Lipinski definition) is 2. The third-order valence-corrected chi connectivity index (χ3v) is 4.34. The number of hydrogen-bond donors (Lipinski definition) is 0. The Kier molecular flexibility index (Phi) is 4.39. The molecular formula is C18H12BrF2NO. The number of ether oxygens (including phenoxy) is 1. The summed E-state index contributed by atoms with van der Waals surface area (Å²) in [7, 11) is 1.43. The van der Waals surface area contributed by atoms with Crippen LogP contribution in [0.15, 0.2) is 59.1 Å². The van der Waals surface area contributed by atoms with Crippen molar-refractivity contribution in [2.45, 2.75) is 0 Å². The Morgan fingerprint density at radius 2 is 1.48 bits per heavy atom. The molecule has 0 N–H and O–H groups in total. The highest BCUT2D eigenvalue weighted by atomic mass is 79.9. The van der Waals surface area contributed by atoms with E-state index in [1.807, 2.05) is 0 Å². The van der Waals surface area contributed by atoms with Gasteiger partial charge in [-0.2, -0.15) is 9.37 Å². The van der Waals surface area contributed by atoms with Crippen LogP contribution >= 0.6 is 15.9 Å². The summed E-state index contributed by atoms with van der Waals surface area (Å²) in [6.07, 6.45) is 0. The molecule has 0 aliphatic carbocycles. The van der Waals surface area contributed by atoms with Crippen molar-refractivity contribution in [3.8, 4) is 28.1 Å². The van der Waals surface area contributed by atoms with Gasteiger partial charge in [0, 0.05) is 27.2 Å². The SMILES string of the molecule is COc1ccc(-c2cccc(-c3ccccc3F)c2Br)c(F)n1. The highest BCUT2D eigenvalue weighted by molar-refractivity contribution is 9.10. The van der Waals surface area contributed by atoms with Crippen LogP contribution in [0.4, 0.5) is 8.78 Å². The molecular weight excluding hydrogens is 364 g/mol. The summed E-state index contributed by atoms with van der Waals surface area (Å²) in [6, 6.07) is 14.9. The van der Waals surface area contributed by atoms with E-state index in [1.165, 1.54) is 13.2 Å². The second-order valence-electron chi connectivity index (χ2n) is 4.84. The second-order valence-corrected chi connectivity index (χ2v) is 5.63. The minimum atomic E-state index is -0.643. The van der Waals surface area contributed by atoms with Gasteiger partial charge in [-0.15, -0.1) is 0 Å². The first-order valence-electron chi connectivity index (χ1n) is 6.86. The van der Waals surface area contributed by atoms with Crippen molar-refractivity contribution in [2.75, 3.05) is 7.11 Å². The van der Waals surface area contributed by atoms with E-state index in [0.717, 1.165) is 0 Å². The molecule has 2 aromatic carbocycles. The molecule has 0 amide bonds.